The Morgan fingerprint density at radius 1 is 1.44 bits per heavy atom. The fraction of sp³-hybridized carbons (Fsp3) is 0.800. The van der Waals surface area contributed by atoms with Crippen molar-refractivity contribution in [3.63, 3.8) is 0 Å². The van der Waals surface area contributed by atoms with E-state index in [0.717, 1.165) is 24.8 Å². The fourth-order valence-electron chi connectivity index (χ4n) is 4.03. The molecule has 2 fully saturated rings. The molecule has 3 heteroatoms. The number of nitrogens with one attached hydrogen (secondary N) is 1. The van der Waals surface area contributed by atoms with Crippen molar-refractivity contribution >= 4 is 0 Å². The van der Waals surface area contributed by atoms with Crippen molar-refractivity contribution in [2.75, 3.05) is 13.6 Å². The lowest BCUT2D eigenvalue weighted by atomic mass is 9.78. The molecule has 3 nitrogen and oxygen atoms in total. The van der Waals surface area contributed by atoms with Gasteiger partial charge in [0.15, 0.2) is 0 Å². The average molecular weight is 247 g/mol. The van der Waals surface area contributed by atoms with Crippen LogP contribution in [0.3, 0.4) is 0 Å². The molecule has 1 aromatic rings. The van der Waals surface area contributed by atoms with E-state index in [2.05, 4.69) is 42.2 Å². The Morgan fingerprint density at radius 3 is 2.72 bits per heavy atom. The third-order valence-electron chi connectivity index (χ3n) is 4.96. The highest BCUT2D eigenvalue weighted by Gasteiger charge is 2.53. The monoisotopic (exact) mass is 247 g/mol. The highest BCUT2D eigenvalue weighted by Crippen LogP contribution is 2.60. The Balaban J connectivity index is 1.77. The summed E-state index contributed by atoms with van der Waals surface area (Å²) in [5.41, 5.74) is 3.15. The Bertz CT molecular complexity index is 425. The van der Waals surface area contributed by atoms with E-state index in [-0.39, 0.29) is 0 Å². The normalized spacial score (nSPS) is 33.7. The summed E-state index contributed by atoms with van der Waals surface area (Å²) in [7, 11) is 4.18. The topological polar surface area (TPSA) is 29.9 Å². The van der Waals surface area contributed by atoms with E-state index in [9.17, 15) is 0 Å². The molecule has 3 rings (SSSR count). The lowest BCUT2D eigenvalue weighted by Gasteiger charge is -2.30. The Morgan fingerprint density at radius 2 is 2.17 bits per heavy atom. The SMILES string of the molecule is CCc1cc(CC2(CNC)CC3CC3C2)n(C)n1. The van der Waals surface area contributed by atoms with Crippen molar-refractivity contribution in [1.82, 2.24) is 15.1 Å². The summed E-state index contributed by atoms with van der Waals surface area (Å²) in [5.74, 6) is 2.08. The van der Waals surface area contributed by atoms with Gasteiger partial charge in [-0.25, -0.2) is 0 Å². The van der Waals surface area contributed by atoms with E-state index in [0.29, 0.717) is 5.41 Å². The van der Waals surface area contributed by atoms with Gasteiger partial charge in [-0.2, -0.15) is 5.10 Å². The smallest absolute Gasteiger partial charge is 0.0624 e. The first kappa shape index (κ1) is 12.2. The van der Waals surface area contributed by atoms with Crippen molar-refractivity contribution in [3.05, 3.63) is 17.5 Å². The zero-order chi connectivity index (χ0) is 12.8. The van der Waals surface area contributed by atoms with Crippen LogP contribution in [0.15, 0.2) is 6.07 Å². The third kappa shape index (κ3) is 2.09. The number of aryl methyl sites for hydroxylation is 2. The van der Waals surface area contributed by atoms with E-state index in [1.54, 1.807) is 0 Å². The van der Waals surface area contributed by atoms with Gasteiger partial charge in [0.1, 0.15) is 0 Å². The van der Waals surface area contributed by atoms with Gasteiger partial charge in [0.25, 0.3) is 0 Å². The lowest BCUT2D eigenvalue weighted by Crippen LogP contribution is -2.34. The second kappa shape index (κ2) is 4.37. The standard InChI is InChI=1S/C15H25N3/c1-4-13-6-14(18(3)17-13)9-15(10-16-2)7-11-5-12(11)8-15/h6,11-12,16H,4-5,7-10H2,1-3H3. The molecule has 2 atom stereocenters. The molecule has 2 aliphatic carbocycles. The van der Waals surface area contributed by atoms with Gasteiger partial charge in [-0.05, 0) is 62.5 Å². The molecule has 18 heavy (non-hydrogen) atoms. The predicted molar refractivity (Wildman–Crippen MR) is 73.5 cm³/mol. The quantitative estimate of drug-likeness (QED) is 0.864. The van der Waals surface area contributed by atoms with Gasteiger partial charge in [0.2, 0.25) is 0 Å². The maximum absolute atomic E-state index is 4.59. The minimum atomic E-state index is 0.501. The summed E-state index contributed by atoms with van der Waals surface area (Å²) in [6.07, 6.45) is 6.58. The van der Waals surface area contributed by atoms with Gasteiger partial charge in [-0.15, -0.1) is 0 Å². The van der Waals surface area contributed by atoms with Crippen LogP contribution in [0.4, 0.5) is 0 Å². The average Bonchev–Trinajstić information content (AvgIpc) is 2.80. The van der Waals surface area contributed by atoms with Crippen LogP contribution in [0.1, 0.15) is 37.6 Å². The molecular formula is C15H25N3. The zero-order valence-electron chi connectivity index (χ0n) is 11.9. The molecule has 2 aliphatic rings. The van der Waals surface area contributed by atoms with Crippen molar-refractivity contribution in [3.8, 4) is 0 Å². The van der Waals surface area contributed by atoms with E-state index >= 15 is 0 Å². The number of nitrogens with zero attached hydrogens (tertiary/aromatic N) is 2. The van der Waals surface area contributed by atoms with Gasteiger partial charge in [-0.1, -0.05) is 6.92 Å². The molecule has 0 spiro atoms. The highest BCUT2D eigenvalue weighted by molar-refractivity contribution is 5.15. The van der Waals surface area contributed by atoms with E-state index < -0.39 is 0 Å². The molecule has 2 unspecified atom stereocenters. The largest absolute Gasteiger partial charge is 0.319 e. The summed E-state index contributed by atoms with van der Waals surface area (Å²) in [6, 6.07) is 2.31. The first-order chi connectivity index (χ1) is 8.65. The second-order valence-corrected chi connectivity index (χ2v) is 6.48. The first-order valence-electron chi connectivity index (χ1n) is 7.32. The molecule has 1 heterocycles. The Kier molecular flexibility index (Phi) is 2.97. The van der Waals surface area contributed by atoms with Crippen LogP contribution in [-0.2, 0) is 19.9 Å². The van der Waals surface area contributed by atoms with Crippen LogP contribution in [0.2, 0.25) is 0 Å². The first-order valence-corrected chi connectivity index (χ1v) is 7.32. The minimum Gasteiger partial charge on any atom is -0.319 e. The van der Waals surface area contributed by atoms with Crippen LogP contribution in [-0.4, -0.2) is 23.4 Å². The molecule has 2 saturated carbocycles. The number of fused-ring (bicyclic) bond motifs is 1. The summed E-state index contributed by atoms with van der Waals surface area (Å²) in [4.78, 5) is 0. The van der Waals surface area contributed by atoms with Crippen molar-refractivity contribution in [2.45, 2.75) is 39.0 Å². The summed E-state index contributed by atoms with van der Waals surface area (Å²) < 4.78 is 2.10. The molecule has 0 bridgehead atoms. The summed E-state index contributed by atoms with van der Waals surface area (Å²) >= 11 is 0. The highest BCUT2D eigenvalue weighted by atomic mass is 15.3. The Labute approximate surface area is 110 Å². The molecule has 1 aromatic heterocycles. The number of hydrogen-bond donors (Lipinski definition) is 1. The molecule has 0 aliphatic heterocycles. The third-order valence-corrected chi connectivity index (χ3v) is 4.96. The lowest BCUT2D eigenvalue weighted by molar-refractivity contribution is 0.249. The van der Waals surface area contributed by atoms with E-state index in [4.69, 9.17) is 0 Å². The molecule has 100 valence electrons. The maximum Gasteiger partial charge on any atom is 0.0624 e. The number of hydrogen-bond acceptors (Lipinski definition) is 2. The van der Waals surface area contributed by atoms with Crippen molar-refractivity contribution in [2.24, 2.45) is 24.3 Å². The van der Waals surface area contributed by atoms with Crippen molar-refractivity contribution in [1.29, 1.82) is 0 Å². The van der Waals surface area contributed by atoms with Crippen molar-refractivity contribution < 1.29 is 0 Å². The van der Waals surface area contributed by atoms with Crippen LogP contribution < -0.4 is 5.32 Å². The molecule has 1 N–H and O–H groups in total. The van der Waals surface area contributed by atoms with Gasteiger partial charge in [0.05, 0.1) is 5.69 Å². The van der Waals surface area contributed by atoms with Gasteiger partial charge in [-0.3, -0.25) is 4.68 Å². The van der Waals surface area contributed by atoms with Crippen LogP contribution in [0.5, 0.6) is 0 Å². The molecule has 0 radical (unpaired) electrons. The Hall–Kier alpha value is -0.830. The molecule has 0 saturated heterocycles. The number of rotatable bonds is 5. The zero-order valence-corrected chi connectivity index (χ0v) is 11.9. The summed E-state index contributed by atoms with van der Waals surface area (Å²) in [5, 5.41) is 8.01. The van der Waals surface area contributed by atoms with Crippen LogP contribution in [0, 0.1) is 17.3 Å². The van der Waals surface area contributed by atoms with E-state index in [1.165, 1.54) is 37.1 Å². The maximum atomic E-state index is 4.59. The fourth-order valence-corrected chi connectivity index (χ4v) is 4.03. The van der Waals surface area contributed by atoms with E-state index in [1.807, 2.05) is 0 Å². The predicted octanol–water partition coefficient (Wildman–Crippen LogP) is 2.16. The van der Waals surface area contributed by atoms with Gasteiger partial charge < -0.3 is 5.32 Å². The van der Waals surface area contributed by atoms with Crippen LogP contribution >= 0.6 is 0 Å². The van der Waals surface area contributed by atoms with Gasteiger partial charge >= 0.3 is 0 Å². The van der Waals surface area contributed by atoms with Crippen LogP contribution in [0.25, 0.3) is 0 Å². The second-order valence-electron chi connectivity index (χ2n) is 6.48. The number of aromatic nitrogens is 2. The minimum absolute atomic E-state index is 0.501. The van der Waals surface area contributed by atoms with Gasteiger partial charge in [0, 0.05) is 19.3 Å². The molecule has 0 amide bonds. The molecule has 0 aromatic carbocycles. The molecular weight excluding hydrogens is 222 g/mol. The summed E-state index contributed by atoms with van der Waals surface area (Å²) in [6.45, 7) is 3.34.